The molecule has 0 atom stereocenters. The van der Waals surface area contributed by atoms with Crippen LogP contribution in [0.1, 0.15) is 51.9 Å². The number of carbonyl (C=O) groups is 1. The number of carbonyl (C=O) groups excluding carboxylic acids is 1. The van der Waals surface area contributed by atoms with Gasteiger partial charge in [0.15, 0.2) is 5.96 Å². The third-order valence-electron chi connectivity index (χ3n) is 4.05. The lowest BCUT2D eigenvalue weighted by Gasteiger charge is -2.18. The first kappa shape index (κ1) is 28.6. The van der Waals surface area contributed by atoms with Crippen molar-refractivity contribution in [1.29, 1.82) is 0 Å². The maximum Gasteiger partial charge on any atom is 0.305 e. The van der Waals surface area contributed by atoms with E-state index in [1.165, 1.54) is 0 Å². The van der Waals surface area contributed by atoms with E-state index < -0.39 is 0 Å². The highest BCUT2D eigenvalue weighted by atomic mass is 127. The summed E-state index contributed by atoms with van der Waals surface area (Å²) in [4.78, 5) is 17.8. The molecular weight excluding hydrogens is 459 g/mol. The van der Waals surface area contributed by atoms with Crippen molar-refractivity contribution in [2.24, 2.45) is 4.99 Å². The summed E-state index contributed by atoms with van der Waals surface area (Å²) in [7, 11) is 5.66. The maximum absolute atomic E-state index is 11.2. The monoisotopic (exact) mass is 500 g/mol. The van der Waals surface area contributed by atoms with E-state index in [2.05, 4.69) is 27.6 Å². The van der Waals surface area contributed by atoms with Crippen LogP contribution in [0, 0.1) is 0 Å². The molecule has 0 rings (SSSR count). The van der Waals surface area contributed by atoms with Crippen molar-refractivity contribution in [3.8, 4) is 0 Å². The fraction of sp³-hybridized carbons (Fsp3) is 0.895. The summed E-state index contributed by atoms with van der Waals surface area (Å²) in [5.74, 6) is 0.783. The normalized spacial score (nSPS) is 11.2. The van der Waals surface area contributed by atoms with Gasteiger partial charge in [0.05, 0.1) is 6.61 Å². The van der Waals surface area contributed by atoms with E-state index in [-0.39, 0.29) is 29.9 Å². The van der Waals surface area contributed by atoms with Crippen LogP contribution in [0.3, 0.4) is 0 Å². The first-order valence-electron chi connectivity index (χ1n) is 9.91. The number of rotatable bonds is 16. The molecule has 0 aliphatic rings. The Morgan fingerprint density at radius 2 is 1.67 bits per heavy atom. The molecule has 162 valence electrons. The van der Waals surface area contributed by atoms with Gasteiger partial charge in [0.25, 0.3) is 0 Å². The SMILES string of the molecule is CCOC(=O)CCCCCCCNC(=NC)NCCN(C)CCCOC.I. The quantitative estimate of drug-likeness (QED) is 0.112. The van der Waals surface area contributed by atoms with Crippen LogP contribution in [0.5, 0.6) is 0 Å². The number of unbranched alkanes of at least 4 members (excludes halogenated alkanes) is 4. The van der Waals surface area contributed by atoms with Crippen LogP contribution < -0.4 is 10.6 Å². The summed E-state index contributed by atoms with van der Waals surface area (Å²) in [6, 6.07) is 0. The largest absolute Gasteiger partial charge is 0.466 e. The summed E-state index contributed by atoms with van der Waals surface area (Å²) >= 11 is 0. The molecule has 0 saturated carbocycles. The predicted octanol–water partition coefficient (Wildman–Crippen LogP) is 2.64. The first-order chi connectivity index (χ1) is 12.6. The number of halogens is 1. The van der Waals surface area contributed by atoms with Gasteiger partial charge in [0.2, 0.25) is 0 Å². The highest BCUT2D eigenvalue weighted by Crippen LogP contribution is 2.05. The van der Waals surface area contributed by atoms with Gasteiger partial charge in [-0.15, -0.1) is 24.0 Å². The molecule has 0 aromatic heterocycles. The number of esters is 1. The van der Waals surface area contributed by atoms with Gasteiger partial charge in [-0.05, 0) is 33.2 Å². The highest BCUT2D eigenvalue weighted by molar-refractivity contribution is 14.0. The summed E-state index contributed by atoms with van der Waals surface area (Å²) in [6.45, 7) is 6.93. The minimum absolute atomic E-state index is 0. The lowest BCUT2D eigenvalue weighted by Crippen LogP contribution is -2.41. The molecule has 0 amide bonds. The molecule has 0 aromatic rings. The topological polar surface area (TPSA) is 75.2 Å². The van der Waals surface area contributed by atoms with Gasteiger partial charge in [-0.1, -0.05) is 19.3 Å². The molecule has 0 heterocycles. The fourth-order valence-electron chi connectivity index (χ4n) is 2.54. The number of hydrogen-bond acceptors (Lipinski definition) is 5. The summed E-state index contributed by atoms with van der Waals surface area (Å²) < 4.78 is 9.99. The smallest absolute Gasteiger partial charge is 0.305 e. The molecule has 7 nitrogen and oxygen atoms in total. The average molecular weight is 500 g/mol. The van der Waals surface area contributed by atoms with Crippen molar-refractivity contribution in [3.05, 3.63) is 0 Å². The Balaban J connectivity index is 0. The number of methoxy groups -OCH3 is 1. The number of nitrogens with one attached hydrogen (secondary N) is 2. The van der Waals surface area contributed by atoms with Gasteiger partial charge in [-0.3, -0.25) is 9.79 Å². The van der Waals surface area contributed by atoms with Crippen LogP contribution in [0.2, 0.25) is 0 Å². The second kappa shape index (κ2) is 21.7. The van der Waals surface area contributed by atoms with E-state index in [0.29, 0.717) is 13.0 Å². The first-order valence-corrected chi connectivity index (χ1v) is 9.91. The van der Waals surface area contributed by atoms with Gasteiger partial charge in [0, 0.05) is 53.4 Å². The van der Waals surface area contributed by atoms with E-state index in [9.17, 15) is 4.79 Å². The molecule has 0 unspecified atom stereocenters. The number of aliphatic imine (C=N–C) groups is 1. The number of hydrogen-bond donors (Lipinski definition) is 2. The fourth-order valence-corrected chi connectivity index (χ4v) is 2.54. The molecule has 0 spiro atoms. The minimum Gasteiger partial charge on any atom is -0.466 e. The zero-order valence-electron chi connectivity index (χ0n) is 17.7. The second-order valence-corrected chi connectivity index (χ2v) is 6.40. The lowest BCUT2D eigenvalue weighted by molar-refractivity contribution is -0.143. The Kier molecular flexibility index (Phi) is 23.0. The summed E-state index contributed by atoms with van der Waals surface area (Å²) in [5.41, 5.74) is 0. The molecule has 27 heavy (non-hydrogen) atoms. The van der Waals surface area contributed by atoms with Gasteiger partial charge in [-0.2, -0.15) is 0 Å². The predicted molar refractivity (Wildman–Crippen MR) is 123 cm³/mol. The van der Waals surface area contributed by atoms with E-state index in [1.807, 2.05) is 6.92 Å². The van der Waals surface area contributed by atoms with Crippen LogP contribution in [0.15, 0.2) is 4.99 Å². The molecule has 0 bridgehead atoms. The Morgan fingerprint density at radius 1 is 1.00 bits per heavy atom. The van der Waals surface area contributed by atoms with E-state index in [0.717, 1.165) is 77.3 Å². The van der Waals surface area contributed by atoms with Crippen LogP contribution in [0.25, 0.3) is 0 Å². The van der Waals surface area contributed by atoms with Crippen LogP contribution in [0.4, 0.5) is 0 Å². The number of ether oxygens (including phenoxy) is 2. The van der Waals surface area contributed by atoms with Crippen molar-refractivity contribution in [2.45, 2.75) is 51.9 Å². The highest BCUT2D eigenvalue weighted by Gasteiger charge is 2.02. The standard InChI is InChI=1S/C19H40N4O3.HI/c1-5-26-18(24)12-9-7-6-8-10-13-21-19(20-2)22-14-16-23(3)15-11-17-25-4;/h5-17H2,1-4H3,(H2,20,21,22);1H. The molecule has 0 fully saturated rings. The van der Waals surface area contributed by atoms with Gasteiger partial charge in [-0.25, -0.2) is 0 Å². The van der Waals surface area contributed by atoms with E-state index in [4.69, 9.17) is 9.47 Å². The van der Waals surface area contributed by atoms with Gasteiger partial charge in [0.1, 0.15) is 0 Å². The Bertz CT molecular complexity index is 371. The Hall–Kier alpha value is -0.610. The zero-order valence-corrected chi connectivity index (χ0v) is 20.1. The summed E-state index contributed by atoms with van der Waals surface area (Å²) in [6.07, 6.45) is 7.03. The van der Waals surface area contributed by atoms with Crippen molar-refractivity contribution >= 4 is 35.9 Å². The molecule has 8 heteroatoms. The third kappa shape index (κ3) is 19.9. The van der Waals surface area contributed by atoms with Gasteiger partial charge < -0.3 is 25.0 Å². The van der Waals surface area contributed by atoms with Crippen molar-refractivity contribution in [3.63, 3.8) is 0 Å². The molecule has 0 aromatic carbocycles. The average Bonchev–Trinajstić information content (AvgIpc) is 2.62. The molecule has 0 aliphatic heterocycles. The lowest BCUT2D eigenvalue weighted by atomic mass is 10.1. The van der Waals surface area contributed by atoms with Crippen molar-refractivity contribution in [2.75, 3.05) is 60.6 Å². The minimum atomic E-state index is -0.0756. The zero-order chi connectivity index (χ0) is 19.5. The molecule has 2 N–H and O–H groups in total. The van der Waals surface area contributed by atoms with Gasteiger partial charge >= 0.3 is 5.97 Å². The second-order valence-electron chi connectivity index (χ2n) is 6.40. The van der Waals surface area contributed by atoms with Crippen LogP contribution in [-0.2, 0) is 14.3 Å². The third-order valence-corrected chi connectivity index (χ3v) is 4.05. The van der Waals surface area contributed by atoms with E-state index >= 15 is 0 Å². The van der Waals surface area contributed by atoms with E-state index in [1.54, 1.807) is 14.2 Å². The molecule has 0 aliphatic carbocycles. The summed E-state index contributed by atoms with van der Waals surface area (Å²) in [5, 5.41) is 6.69. The van der Waals surface area contributed by atoms with Crippen LogP contribution in [-0.4, -0.2) is 77.4 Å². The number of guanidine groups is 1. The van der Waals surface area contributed by atoms with Crippen LogP contribution >= 0.6 is 24.0 Å². The Morgan fingerprint density at radius 3 is 2.33 bits per heavy atom. The molecule has 0 saturated heterocycles. The number of likely N-dealkylation sites (N-methyl/N-ethyl adjacent to an activating group) is 1. The molecule has 0 radical (unpaired) electrons. The Labute approximate surface area is 183 Å². The molecular formula is C19H41IN4O3. The maximum atomic E-state index is 11.2. The number of nitrogens with zero attached hydrogens (tertiary/aromatic N) is 2. The van der Waals surface area contributed by atoms with Crippen molar-refractivity contribution in [1.82, 2.24) is 15.5 Å². The van der Waals surface area contributed by atoms with Crippen molar-refractivity contribution < 1.29 is 14.3 Å².